The topological polar surface area (TPSA) is 65.1 Å². The highest BCUT2D eigenvalue weighted by Gasteiger charge is 2.37. The van der Waals surface area contributed by atoms with E-state index in [4.69, 9.17) is 4.74 Å². The average molecular weight is 326 g/mol. The van der Waals surface area contributed by atoms with Crippen LogP contribution in [0.5, 0.6) is 0 Å². The quantitative estimate of drug-likeness (QED) is 0.848. The Morgan fingerprint density at radius 2 is 1.87 bits per heavy atom. The second-order valence-electron chi connectivity index (χ2n) is 6.55. The first-order valence-corrected chi connectivity index (χ1v) is 8.64. The lowest BCUT2D eigenvalue weighted by molar-refractivity contribution is 0.0344. The number of urea groups is 2. The van der Waals surface area contributed by atoms with Crippen LogP contribution in [-0.2, 0) is 4.74 Å². The number of rotatable bonds is 4. The summed E-state index contributed by atoms with van der Waals surface area (Å²) < 4.78 is 5.43. The second kappa shape index (κ2) is 8.38. The summed E-state index contributed by atoms with van der Waals surface area (Å²) in [6.45, 7) is 5.47. The van der Waals surface area contributed by atoms with E-state index in [1.54, 1.807) is 19.0 Å². The van der Waals surface area contributed by atoms with E-state index in [2.05, 4.69) is 5.32 Å². The minimum absolute atomic E-state index is 0.00269. The van der Waals surface area contributed by atoms with E-state index in [0.717, 1.165) is 25.7 Å². The first-order valence-electron chi connectivity index (χ1n) is 8.64. The number of carbonyl (C=O) groups is 2. The molecule has 0 radical (unpaired) electrons. The Labute approximate surface area is 138 Å². The molecule has 2 saturated heterocycles. The average Bonchev–Trinajstić information content (AvgIpc) is 3.02. The normalized spacial score (nSPS) is 22.0. The van der Waals surface area contributed by atoms with Crippen molar-refractivity contribution in [3.8, 4) is 0 Å². The molecular formula is C16H30N4O3. The van der Waals surface area contributed by atoms with Crippen LogP contribution >= 0.6 is 0 Å². The minimum atomic E-state index is 0.00269. The number of carbonyl (C=O) groups excluding carboxylic acids is 2. The van der Waals surface area contributed by atoms with Crippen LogP contribution in [0, 0.1) is 0 Å². The van der Waals surface area contributed by atoms with E-state index in [1.165, 1.54) is 0 Å². The van der Waals surface area contributed by atoms with Crippen molar-refractivity contribution in [2.24, 2.45) is 0 Å². The molecule has 1 atom stereocenters. The maximum Gasteiger partial charge on any atom is 0.319 e. The largest absolute Gasteiger partial charge is 0.381 e. The second-order valence-corrected chi connectivity index (χ2v) is 6.55. The highest BCUT2D eigenvalue weighted by Crippen LogP contribution is 2.24. The van der Waals surface area contributed by atoms with Crippen molar-refractivity contribution in [1.82, 2.24) is 20.0 Å². The van der Waals surface area contributed by atoms with Crippen molar-refractivity contribution in [2.75, 3.05) is 46.9 Å². The van der Waals surface area contributed by atoms with E-state index < -0.39 is 0 Å². The minimum Gasteiger partial charge on any atom is -0.381 e. The van der Waals surface area contributed by atoms with Crippen molar-refractivity contribution < 1.29 is 14.3 Å². The molecule has 2 fully saturated rings. The number of amides is 4. The van der Waals surface area contributed by atoms with E-state index in [1.807, 2.05) is 16.7 Å². The van der Waals surface area contributed by atoms with E-state index in [0.29, 0.717) is 32.8 Å². The van der Waals surface area contributed by atoms with Gasteiger partial charge in [-0.05, 0) is 25.7 Å². The van der Waals surface area contributed by atoms with E-state index in [-0.39, 0.29) is 24.1 Å². The van der Waals surface area contributed by atoms with Crippen LogP contribution in [-0.4, -0.2) is 85.8 Å². The predicted molar refractivity (Wildman–Crippen MR) is 88.4 cm³/mol. The molecule has 132 valence electrons. The number of hydrogen-bond donors (Lipinski definition) is 1. The van der Waals surface area contributed by atoms with Gasteiger partial charge in [0.1, 0.15) is 0 Å². The molecule has 0 saturated carbocycles. The van der Waals surface area contributed by atoms with Crippen molar-refractivity contribution >= 4 is 12.1 Å². The van der Waals surface area contributed by atoms with Crippen LogP contribution in [0.15, 0.2) is 0 Å². The zero-order valence-electron chi connectivity index (χ0n) is 14.6. The van der Waals surface area contributed by atoms with Crippen LogP contribution < -0.4 is 5.32 Å². The van der Waals surface area contributed by atoms with Crippen LogP contribution in [0.3, 0.4) is 0 Å². The molecule has 2 heterocycles. The van der Waals surface area contributed by atoms with Gasteiger partial charge in [-0.15, -0.1) is 0 Å². The zero-order chi connectivity index (χ0) is 16.8. The van der Waals surface area contributed by atoms with Crippen molar-refractivity contribution in [2.45, 2.75) is 44.7 Å². The molecule has 2 aliphatic heterocycles. The van der Waals surface area contributed by atoms with Gasteiger partial charge >= 0.3 is 12.1 Å². The van der Waals surface area contributed by atoms with Gasteiger partial charge in [0, 0.05) is 53.0 Å². The fourth-order valence-electron chi connectivity index (χ4n) is 3.34. The fraction of sp³-hybridized carbons (Fsp3) is 0.875. The number of ether oxygens (including phenoxy) is 1. The molecular weight excluding hydrogens is 296 g/mol. The number of nitrogens with zero attached hydrogens (tertiary/aromatic N) is 3. The smallest absolute Gasteiger partial charge is 0.319 e. The zero-order valence-corrected chi connectivity index (χ0v) is 14.6. The molecule has 1 unspecified atom stereocenters. The van der Waals surface area contributed by atoms with Gasteiger partial charge in [0.2, 0.25) is 0 Å². The van der Waals surface area contributed by atoms with Crippen LogP contribution in [0.2, 0.25) is 0 Å². The molecule has 23 heavy (non-hydrogen) atoms. The Hall–Kier alpha value is -1.50. The van der Waals surface area contributed by atoms with Gasteiger partial charge in [0.05, 0.1) is 6.04 Å². The highest BCUT2D eigenvalue weighted by atomic mass is 16.5. The summed E-state index contributed by atoms with van der Waals surface area (Å²) in [7, 11) is 3.53. The fourth-order valence-corrected chi connectivity index (χ4v) is 3.34. The Balaban J connectivity index is 2.04. The molecule has 1 N–H and O–H groups in total. The standard InChI is InChI=1S/C16H30N4O3/c1-4-8-17-15(21)20(13-6-10-23-11-7-13)14-5-9-19(12-14)16(22)18(2)3/h13-14H,4-12H2,1-3H3,(H,17,21). The first kappa shape index (κ1) is 17.8. The lowest BCUT2D eigenvalue weighted by Gasteiger charge is -2.38. The lowest BCUT2D eigenvalue weighted by atomic mass is 10.0. The third-order valence-corrected chi connectivity index (χ3v) is 4.55. The highest BCUT2D eigenvalue weighted by molar-refractivity contribution is 5.76. The van der Waals surface area contributed by atoms with Crippen LogP contribution in [0.4, 0.5) is 9.59 Å². The Morgan fingerprint density at radius 3 is 2.48 bits per heavy atom. The summed E-state index contributed by atoms with van der Waals surface area (Å²) in [5.41, 5.74) is 0. The predicted octanol–water partition coefficient (Wildman–Crippen LogP) is 1.34. The summed E-state index contributed by atoms with van der Waals surface area (Å²) in [5, 5.41) is 3.01. The van der Waals surface area contributed by atoms with Crippen molar-refractivity contribution in [1.29, 1.82) is 0 Å². The van der Waals surface area contributed by atoms with Gasteiger partial charge in [-0.2, -0.15) is 0 Å². The SMILES string of the molecule is CCCNC(=O)N(C1CCOCC1)C1CCN(C(=O)N(C)C)C1. The molecule has 0 spiro atoms. The molecule has 0 aromatic rings. The molecule has 7 nitrogen and oxygen atoms in total. The molecule has 0 aliphatic carbocycles. The Kier molecular flexibility index (Phi) is 6.50. The van der Waals surface area contributed by atoms with Gasteiger partial charge in [0.15, 0.2) is 0 Å². The summed E-state index contributed by atoms with van der Waals surface area (Å²) in [6.07, 6.45) is 3.51. The summed E-state index contributed by atoms with van der Waals surface area (Å²) in [5.74, 6) is 0. The summed E-state index contributed by atoms with van der Waals surface area (Å²) in [4.78, 5) is 30.2. The van der Waals surface area contributed by atoms with Crippen molar-refractivity contribution in [3.63, 3.8) is 0 Å². The number of nitrogens with one attached hydrogen (secondary N) is 1. The molecule has 0 bridgehead atoms. The molecule has 7 heteroatoms. The number of likely N-dealkylation sites (tertiary alicyclic amines) is 1. The van der Waals surface area contributed by atoms with Gasteiger partial charge in [-0.1, -0.05) is 6.92 Å². The van der Waals surface area contributed by atoms with Crippen LogP contribution in [0.1, 0.15) is 32.6 Å². The molecule has 0 aromatic carbocycles. The van der Waals surface area contributed by atoms with Gasteiger partial charge < -0.3 is 24.8 Å². The molecule has 0 aromatic heterocycles. The monoisotopic (exact) mass is 326 g/mol. The summed E-state index contributed by atoms with van der Waals surface area (Å²) in [6, 6.07) is 0.329. The Morgan fingerprint density at radius 1 is 1.17 bits per heavy atom. The lowest BCUT2D eigenvalue weighted by Crippen LogP contribution is -2.54. The Bertz CT molecular complexity index is 410. The summed E-state index contributed by atoms with van der Waals surface area (Å²) >= 11 is 0. The molecule has 2 aliphatic rings. The number of hydrogen-bond acceptors (Lipinski definition) is 3. The van der Waals surface area contributed by atoms with E-state index >= 15 is 0 Å². The molecule has 4 amide bonds. The van der Waals surface area contributed by atoms with Gasteiger partial charge in [0.25, 0.3) is 0 Å². The maximum absolute atomic E-state index is 12.7. The third-order valence-electron chi connectivity index (χ3n) is 4.55. The maximum atomic E-state index is 12.7. The first-order chi connectivity index (χ1) is 11.0. The third kappa shape index (κ3) is 4.50. The van der Waals surface area contributed by atoms with Gasteiger partial charge in [-0.25, -0.2) is 9.59 Å². The van der Waals surface area contributed by atoms with Crippen molar-refractivity contribution in [3.05, 3.63) is 0 Å². The molecule has 2 rings (SSSR count). The van der Waals surface area contributed by atoms with Crippen LogP contribution in [0.25, 0.3) is 0 Å². The van der Waals surface area contributed by atoms with Gasteiger partial charge in [-0.3, -0.25) is 0 Å². The van der Waals surface area contributed by atoms with E-state index in [9.17, 15) is 9.59 Å².